The van der Waals surface area contributed by atoms with Gasteiger partial charge in [-0.05, 0) is 32.0 Å². The first-order chi connectivity index (χ1) is 12.9. The molecule has 3 aromatic rings. The van der Waals surface area contributed by atoms with E-state index in [1.807, 2.05) is 86.6 Å². The Morgan fingerprint density at radius 1 is 0.926 bits per heavy atom. The van der Waals surface area contributed by atoms with E-state index in [9.17, 15) is 10.3 Å². The van der Waals surface area contributed by atoms with E-state index in [-0.39, 0.29) is 6.54 Å². The fourth-order valence-electron chi connectivity index (χ4n) is 3.84. The molecule has 3 aromatic carbocycles. The third-order valence-electron chi connectivity index (χ3n) is 5.61. The summed E-state index contributed by atoms with van der Waals surface area (Å²) in [6, 6.07) is 24.6. The van der Waals surface area contributed by atoms with E-state index in [2.05, 4.69) is 0 Å². The molecule has 0 aromatic heterocycles. The molecule has 0 bridgehead atoms. The van der Waals surface area contributed by atoms with Crippen molar-refractivity contribution in [3.63, 3.8) is 0 Å². The molecule has 1 heterocycles. The number of hydrogen-bond donors (Lipinski definition) is 1. The van der Waals surface area contributed by atoms with Gasteiger partial charge in [0, 0.05) is 11.1 Å². The number of rotatable bonds is 4. The average Bonchev–Trinajstić information content (AvgIpc) is 2.96. The lowest BCUT2D eigenvalue weighted by Gasteiger charge is -2.53. The number of quaternary nitrogens is 1. The van der Waals surface area contributed by atoms with Gasteiger partial charge in [-0.1, -0.05) is 60.7 Å². The lowest BCUT2D eigenvalue weighted by atomic mass is 9.91. The quantitative estimate of drug-likeness (QED) is 0.511. The monoisotopic (exact) mass is 361 g/mol. The molecule has 0 amide bonds. The van der Waals surface area contributed by atoms with Crippen molar-refractivity contribution in [2.45, 2.75) is 32.2 Å². The zero-order valence-electron chi connectivity index (χ0n) is 15.5. The van der Waals surface area contributed by atoms with Crippen LogP contribution in [0.4, 0.5) is 0 Å². The standard InChI is InChI=1S/C23H23NO3/c1-23(2,18-11-5-3-6-12-18)24(26)16-17-10-9-15-20(21(17)22(24)25)27-19-13-7-4-8-14-19/h3-15,22,25H,16H2,1-2H3. The van der Waals surface area contributed by atoms with Gasteiger partial charge in [-0.2, -0.15) is 0 Å². The zero-order chi connectivity index (χ0) is 19.1. The first-order valence-corrected chi connectivity index (χ1v) is 9.10. The molecule has 2 atom stereocenters. The predicted molar refractivity (Wildman–Crippen MR) is 105 cm³/mol. The molecule has 4 heteroatoms. The summed E-state index contributed by atoms with van der Waals surface area (Å²) in [4.78, 5) is 0. The number of hydrogen-bond acceptors (Lipinski definition) is 3. The number of fused-ring (bicyclic) bond motifs is 1. The number of aliphatic hydroxyl groups is 1. The third kappa shape index (κ3) is 2.82. The summed E-state index contributed by atoms with van der Waals surface area (Å²) in [6.45, 7) is 3.98. The van der Waals surface area contributed by atoms with E-state index < -0.39 is 16.4 Å². The average molecular weight is 361 g/mol. The maximum Gasteiger partial charge on any atom is 0.222 e. The van der Waals surface area contributed by atoms with Crippen molar-refractivity contribution in [2.75, 3.05) is 0 Å². The van der Waals surface area contributed by atoms with E-state index in [0.717, 1.165) is 11.1 Å². The molecular formula is C23H23NO3. The second-order valence-corrected chi connectivity index (χ2v) is 7.50. The highest BCUT2D eigenvalue weighted by molar-refractivity contribution is 5.45. The zero-order valence-corrected chi connectivity index (χ0v) is 15.5. The van der Waals surface area contributed by atoms with Crippen LogP contribution in [-0.2, 0) is 12.1 Å². The molecule has 27 heavy (non-hydrogen) atoms. The molecule has 2 unspecified atom stereocenters. The van der Waals surface area contributed by atoms with Gasteiger partial charge in [-0.25, -0.2) is 0 Å². The fourth-order valence-corrected chi connectivity index (χ4v) is 3.84. The minimum absolute atomic E-state index is 0.199. The molecule has 0 spiro atoms. The van der Waals surface area contributed by atoms with Gasteiger partial charge in [-0.15, -0.1) is 0 Å². The number of nitrogens with zero attached hydrogens (tertiary/aromatic N) is 1. The Hall–Kier alpha value is -2.66. The summed E-state index contributed by atoms with van der Waals surface area (Å²) < 4.78 is 5.23. The molecule has 0 fully saturated rings. The molecular weight excluding hydrogens is 338 g/mol. The molecule has 1 aliphatic rings. The van der Waals surface area contributed by atoms with Gasteiger partial charge in [-0.3, -0.25) is 0 Å². The Morgan fingerprint density at radius 3 is 2.22 bits per heavy atom. The molecule has 4 nitrogen and oxygen atoms in total. The summed E-state index contributed by atoms with van der Waals surface area (Å²) in [5.74, 6) is 1.21. The van der Waals surface area contributed by atoms with Crippen LogP contribution in [0, 0.1) is 5.21 Å². The maximum absolute atomic E-state index is 13.9. The third-order valence-corrected chi connectivity index (χ3v) is 5.61. The Labute approximate surface area is 159 Å². The van der Waals surface area contributed by atoms with Gasteiger partial charge in [0.1, 0.15) is 23.6 Å². The summed E-state index contributed by atoms with van der Waals surface area (Å²) in [5, 5.41) is 25.1. The van der Waals surface area contributed by atoms with E-state index in [1.165, 1.54) is 0 Å². The van der Waals surface area contributed by atoms with E-state index >= 15 is 0 Å². The first-order valence-electron chi connectivity index (χ1n) is 9.10. The van der Waals surface area contributed by atoms with Crippen molar-refractivity contribution in [2.24, 2.45) is 0 Å². The fraction of sp³-hybridized carbons (Fsp3) is 0.217. The molecule has 0 saturated carbocycles. The van der Waals surface area contributed by atoms with Gasteiger partial charge in [0.25, 0.3) is 0 Å². The second kappa shape index (κ2) is 6.50. The minimum atomic E-state index is -1.21. The highest BCUT2D eigenvalue weighted by Gasteiger charge is 2.50. The van der Waals surface area contributed by atoms with Crippen molar-refractivity contribution in [3.8, 4) is 11.5 Å². The van der Waals surface area contributed by atoms with Crippen molar-refractivity contribution in [1.29, 1.82) is 0 Å². The maximum atomic E-state index is 13.9. The van der Waals surface area contributed by atoms with Crippen LogP contribution in [-0.4, -0.2) is 9.75 Å². The van der Waals surface area contributed by atoms with E-state index in [4.69, 9.17) is 4.74 Å². The van der Waals surface area contributed by atoms with Gasteiger partial charge in [0.15, 0.2) is 0 Å². The summed E-state index contributed by atoms with van der Waals surface area (Å²) in [6.07, 6.45) is -1.21. The largest absolute Gasteiger partial charge is 0.630 e. The number of ether oxygens (including phenoxy) is 1. The van der Waals surface area contributed by atoms with Crippen LogP contribution >= 0.6 is 0 Å². The number of benzene rings is 3. The molecule has 0 saturated heterocycles. The van der Waals surface area contributed by atoms with Gasteiger partial charge >= 0.3 is 0 Å². The second-order valence-electron chi connectivity index (χ2n) is 7.50. The van der Waals surface area contributed by atoms with Crippen LogP contribution in [0.2, 0.25) is 0 Å². The lowest BCUT2D eigenvalue weighted by Crippen LogP contribution is -2.53. The Kier molecular flexibility index (Phi) is 4.27. The molecule has 4 rings (SSSR count). The van der Waals surface area contributed by atoms with Crippen LogP contribution < -0.4 is 4.74 Å². The van der Waals surface area contributed by atoms with Crippen LogP contribution in [0.1, 0.15) is 36.8 Å². The van der Waals surface area contributed by atoms with Crippen LogP contribution in [0.5, 0.6) is 11.5 Å². The van der Waals surface area contributed by atoms with E-state index in [1.54, 1.807) is 6.07 Å². The summed E-state index contributed by atoms with van der Waals surface area (Å²) in [5.41, 5.74) is 1.50. The van der Waals surface area contributed by atoms with Gasteiger partial charge in [0.2, 0.25) is 6.23 Å². The molecule has 138 valence electrons. The SMILES string of the molecule is CC(C)(c1ccccc1)[N+]1([O-])Cc2cccc(Oc3ccccc3)c2C1O. The predicted octanol–water partition coefficient (Wildman–Crippen LogP) is 5.23. The molecule has 1 aliphatic heterocycles. The first kappa shape index (κ1) is 17.7. The van der Waals surface area contributed by atoms with Gasteiger partial charge < -0.3 is 19.7 Å². The van der Waals surface area contributed by atoms with E-state index in [0.29, 0.717) is 17.1 Å². The summed E-state index contributed by atoms with van der Waals surface area (Å²) in [7, 11) is 0. The summed E-state index contributed by atoms with van der Waals surface area (Å²) >= 11 is 0. The van der Waals surface area contributed by atoms with Crippen molar-refractivity contribution in [1.82, 2.24) is 0 Å². The highest BCUT2D eigenvalue weighted by Crippen LogP contribution is 2.51. The van der Waals surface area contributed by atoms with Crippen LogP contribution in [0.3, 0.4) is 0 Å². The minimum Gasteiger partial charge on any atom is -0.630 e. The number of para-hydroxylation sites is 1. The molecule has 0 radical (unpaired) electrons. The van der Waals surface area contributed by atoms with Crippen LogP contribution in [0.15, 0.2) is 78.9 Å². The Morgan fingerprint density at radius 2 is 1.56 bits per heavy atom. The lowest BCUT2D eigenvalue weighted by molar-refractivity contribution is -0.989. The van der Waals surface area contributed by atoms with Crippen LogP contribution in [0.25, 0.3) is 0 Å². The Balaban J connectivity index is 1.74. The normalized spacial score (nSPS) is 21.7. The number of hydroxylamine groups is 3. The molecule has 1 N–H and O–H groups in total. The highest BCUT2D eigenvalue weighted by atomic mass is 16.6. The van der Waals surface area contributed by atoms with Crippen molar-refractivity contribution < 1.29 is 14.5 Å². The number of aliphatic hydroxyl groups excluding tert-OH is 1. The van der Waals surface area contributed by atoms with Gasteiger partial charge in [0.05, 0.1) is 5.56 Å². The topological polar surface area (TPSA) is 52.5 Å². The molecule has 0 aliphatic carbocycles. The Bertz CT molecular complexity index is 940. The van der Waals surface area contributed by atoms with Crippen molar-refractivity contribution in [3.05, 3.63) is 101 Å². The smallest absolute Gasteiger partial charge is 0.222 e. The van der Waals surface area contributed by atoms with Crippen molar-refractivity contribution >= 4 is 0 Å².